The number of nitrogens with zero attached hydrogens (tertiary/aromatic N) is 1. The Balaban J connectivity index is 1.51. The second-order valence-electron chi connectivity index (χ2n) is 6.93. The van der Waals surface area contributed by atoms with Gasteiger partial charge in [0, 0.05) is 18.8 Å². The Kier molecular flexibility index (Phi) is 4.40. The standard InChI is InChI=1S/C20H22N2O3/c23-17-11-16(12-17)20(15-1-2-18-14(10-15)5-8-25-18)22-19(24)9-13-3-6-21-7-4-13/h1-4,6-7,10,16-17,20,23H,5,8-9,11-12H2,(H,22,24)/t16?,17?,20-/m1/s1. The molecule has 5 nitrogen and oxygen atoms in total. The van der Waals surface area contributed by atoms with Gasteiger partial charge in [0.25, 0.3) is 0 Å². The third-order valence-corrected chi connectivity index (χ3v) is 5.12. The maximum Gasteiger partial charge on any atom is 0.224 e. The Labute approximate surface area is 147 Å². The number of ether oxygens (including phenoxy) is 1. The molecule has 1 aliphatic heterocycles. The molecule has 0 radical (unpaired) electrons. The van der Waals surface area contributed by atoms with Crippen molar-refractivity contribution >= 4 is 5.91 Å². The van der Waals surface area contributed by atoms with Crippen LogP contribution in [0.4, 0.5) is 0 Å². The Morgan fingerprint density at radius 3 is 2.84 bits per heavy atom. The van der Waals surface area contributed by atoms with Crippen LogP contribution >= 0.6 is 0 Å². The minimum Gasteiger partial charge on any atom is -0.493 e. The Hall–Kier alpha value is -2.40. The summed E-state index contributed by atoms with van der Waals surface area (Å²) in [6, 6.07) is 9.82. The van der Waals surface area contributed by atoms with E-state index in [-0.39, 0.29) is 24.0 Å². The molecule has 2 aromatic rings. The van der Waals surface area contributed by atoms with Crippen LogP contribution in [0.1, 0.15) is 35.6 Å². The predicted octanol–water partition coefficient (Wildman–Crippen LogP) is 2.19. The van der Waals surface area contributed by atoms with Crippen molar-refractivity contribution in [1.82, 2.24) is 10.3 Å². The molecule has 1 fully saturated rings. The van der Waals surface area contributed by atoms with Crippen molar-refractivity contribution in [1.29, 1.82) is 0 Å². The predicted molar refractivity (Wildman–Crippen MR) is 93.2 cm³/mol. The van der Waals surface area contributed by atoms with Crippen molar-refractivity contribution < 1.29 is 14.6 Å². The maximum absolute atomic E-state index is 12.5. The molecule has 0 bridgehead atoms. The zero-order valence-electron chi connectivity index (χ0n) is 14.0. The number of nitrogens with one attached hydrogen (secondary N) is 1. The summed E-state index contributed by atoms with van der Waals surface area (Å²) in [7, 11) is 0. The van der Waals surface area contributed by atoms with Crippen LogP contribution in [0.3, 0.4) is 0 Å². The largest absolute Gasteiger partial charge is 0.493 e. The highest BCUT2D eigenvalue weighted by Crippen LogP contribution is 2.39. The number of aliphatic hydroxyl groups excluding tert-OH is 1. The first-order valence-electron chi connectivity index (χ1n) is 8.81. The molecule has 2 aliphatic rings. The molecule has 5 heteroatoms. The average Bonchev–Trinajstić information content (AvgIpc) is 3.06. The fourth-order valence-electron chi connectivity index (χ4n) is 3.69. The molecule has 25 heavy (non-hydrogen) atoms. The van der Waals surface area contributed by atoms with Gasteiger partial charge in [-0.3, -0.25) is 9.78 Å². The van der Waals surface area contributed by atoms with E-state index in [0.717, 1.165) is 42.7 Å². The summed E-state index contributed by atoms with van der Waals surface area (Å²) in [5, 5.41) is 12.9. The minimum absolute atomic E-state index is 0.00524. The van der Waals surface area contributed by atoms with Crippen molar-refractivity contribution in [3.63, 3.8) is 0 Å². The molecule has 2 N–H and O–H groups in total. The van der Waals surface area contributed by atoms with Gasteiger partial charge in [0.15, 0.2) is 0 Å². The molecule has 0 spiro atoms. The van der Waals surface area contributed by atoms with E-state index in [2.05, 4.69) is 16.4 Å². The summed E-state index contributed by atoms with van der Waals surface area (Å²) in [5.41, 5.74) is 3.25. The van der Waals surface area contributed by atoms with E-state index in [1.54, 1.807) is 12.4 Å². The highest BCUT2D eigenvalue weighted by Gasteiger charge is 2.36. The Morgan fingerprint density at radius 1 is 1.28 bits per heavy atom. The fourth-order valence-corrected chi connectivity index (χ4v) is 3.69. The van der Waals surface area contributed by atoms with Gasteiger partial charge in [-0.25, -0.2) is 0 Å². The van der Waals surface area contributed by atoms with Crippen LogP contribution in [0, 0.1) is 5.92 Å². The monoisotopic (exact) mass is 338 g/mol. The van der Waals surface area contributed by atoms with Crippen molar-refractivity contribution in [2.75, 3.05) is 6.61 Å². The van der Waals surface area contributed by atoms with Gasteiger partial charge in [0.2, 0.25) is 5.91 Å². The van der Waals surface area contributed by atoms with Crippen LogP contribution < -0.4 is 10.1 Å². The summed E-state index contributed by atoms with van der Waals surface area (Å²) >= 11 is 0. The number of carbonyl (C=O) groups excluding carboxylic acids is 1. The van der Waals surface area contributed by atoms with Crippen LogP contribution in [0.25, 0.3) is 0 Å². The molecular weight excluding hydrogens is 316 g/mol. The lowest BCUT2D eigenvalue weighted by molar-refractivity contribution is -0.122. The van der Waals surface area contributed by atoms with Crippen LogP contribution in [-0.4, -0.2) is 28.7 Å². The highest BCUT2D eigenvalue weighted by atomic mass is 16.5. The minimum atomic E-state index is -0.248. The number of amides is 1. The van der Waals surface area contributed by atoms with E-state index in [4.69, 9.17) is 4.74 Å². The number of pyridine rings is 1. The van der Waals surface area contributed by atoms with E-state index < -0.39 is 0 Å². The highest BCUT2D eigenvalue weighted by molar-refractivity contribution is 5.79. The van der Waals surface area contributed by atoms with Gasteiger partial charge in [-0.05, 0) is 59.7 Å². The van der Waals surface area contributed by atoms with Gasteiger partial charge in [0.1, 0.15) is 5.75 Å². The van der Waals surface area contributed by atoms with Crippen molar-refractivity contribution in [2.24, 2.45) is 5.92 Å². The molecule has 1 aromatic carbocycles. The Bertz CT molecular complexity index is 757. The third-order valence-electron chi connectivity index (χ3n) is 5.12. The number of aromatic nitrogens is 1. The number of fused-ring (bicyclic) bond motifs is 1. The molecular formula is C20H22N2O3. The molecule has 0 unspecified atom stereocenters. The average molecular weight is 338 g/mol. The molecule has 1 atom stereocenters. The normalized spacial score (nSPS) is 22.4. The molecule has 4 rings (SSSR count). The van der Waals surface area contributed by atoms with Crippen LogP contribution in [-0.2, 0) is 17.6 Å². The number of aliphatic hydroxyl groups is 1. The van der Waals surface area contributed by atoms with E-state index >= 15 is 0 Å². The van der Waals surface area contributed by atoms with Crippen LogP contribution in [0.5, 0.6) is 5.75 Å². The first-order chi connectivity index (χ1) is 12.2. The number of rotatable bonds is 5. The van der Waals surface area contributed by atoms with Gasteiger partial charge in [-0.15, -0.1) is 0 Å². The van der Waals surface area contributed by atoms with Gasteiger partial charge < -0.3 is 15.2 Å². The summed E-state index contributed by atoms with van der Waals surface area (Å²) in [4.78, 5) is 16.5. The SMILES string of the molecule is O=C(Cc1ccncc1)N[C@H](c1ccc2c(c1)CCO2)C1CC(O)C1. The lowest BCUT2D eigenvalue weighted by atomic mass is 9.74. The molecule has 130 valence electrons. The van der Waals surface area contributed by atoms with Gasteiger partial charge in [-0.2, -0.15) is 0 Å². The lowest BCUT2D eigenvalue weighted by Gasteiger charge is -2.38. The maximum atomic E-state index is 12.5. The summed E-state index contributed by atoms with van der Waals surface area (Å²) < 4.78 is 5.58. The zero-order valence-corrected chi connectivity index (χ0v) is 14.0. The molecule has 0 saturated heterocycles. The number of hydrogen-bond acceptors (Lipinski definition) is 4. The van der Waals surface area contributed by atoms with Gasteiger partial charge in [-0.1, -0.05) is 6.07 Å². The van der Waals surface area contributed by atoms with E-state index in [0.29, 0.717) is 6.42 Å². The Morgan fingerprint density at radius 2 is 2.08 bits per heavy atom. The van der Waals surface area contributed by atoms with Crippen LogP contribution in [0.15, 0.2) is 42.7 Å². The molecule has 1 aliphatic carbocycles. The number of carbonyl (C=O) groups is 1. The second kappa shape index (κ2) is 6.84. The topological polar surface area (TPSA) is 71.5 Å². The number of hydrogen-bond donors (Lipinski definition) is 2. The van der Waals surface area contributed by atoms with E-state index in [1.807, 2.05) is 24.3 Å². The first kappa shape index (κ1) is 16.1. The van der Waals surface area contributed by atoms with Crippen molar-refractivity contribution in [3.8, 4) is 5.75 Å². The molecule has 1 amide bonds. The fraction of sp³-hybridized carbons (Fsp3) is 0.400. The molecule has 1 saturated carbocycles. The van der Waals surface area contributed by atoms with Crippen molar-refractivity contribution in [3.05, 3.63) is 59.4 Å². The first-order valence-corrected chi connectivity index (χ1v) is 8.81. The second-order valence-corrected chi connectivity index (χ2v) is 6.93. The number of benzene rings is 1. The van der Waals surface area contributed by atoms with Crippen molar-refractivity contribution in [2.45, 2.75) is 37.8 Å². The summed E-state index contributed by atoms with van der Waals surface area (Å²) in [5.74, 6) is 1.21. The molecule has 1 aromatic heterocycles. The van der Waals surface area contributed by atoms with Crippen LogP contribution in [0.2, 0.25) is 0 Å². The van der Waals surface area contributed by atoms with E-state index in [9.17, 15) is 9.90 Å². The summed E-state index contributed by atoms with van der Waals surface area (Å²) in [6.07, 6.45) is 5.85. The van der Waals surface area contributed by atoms with E-state index in [1.165, 1.54) is 5.56 Å². The molecule has 2 heterocycles. The van der Waals surface area contributed by atoms with Gasteiger partial charge >= 0.3 is 0 Å². The smallest absolute Gasteiger partial charge is 0.224 e. The lowest BCUT2D eigenvalue weighted by Crippen LogP contribution is -2.41. The zero-order chi connectivity index (χ0) is 17.2. The van der Waals surface area contributed by atoms with Gasteiger partial charge in [0.05, 0.1) is 25.2 Å². The quantitative estimate of drug-likeness (QED) is 0.877. The third kappa shape index (κ3) is 3.51. The summed E-state index contributed by atoms with van der Waals surface area (Å²) in [6.45, 7) is 0.722.